The third kappa shape index (κ3) is 7.77. The fourth-order valence-corrected chi connectivity index (χ4v) is 5.71. The molecule has 0 aliphatic heterocycles. The number of halogens is 2. The third-order valence-corrected chi connectivity index (χ3v) is 9.06. The summed E-state index contributed by atoms with van der Waals surface area (Å²) >= 11 is 12.4. The van der Waals surface area contributed by atoms with E-state index >= 15 is 0 Å². The van der Waals surface area contributed by atoms with Gasteiger partial charge in [0.2, 0.25) is 11.8 Å². The number of carbonyl (C=O) groups excluding carboxylic acids is 2. The molecule has 0 aliphatic rings. The normalized spacial score (nSPS) is 12.2. The molecule has 1 atom stereocenters. The smallest absolute Gasteiger partial charge is 0.264 e. The number of hydrogen-bond acceptors (Lipinski definition) is 4. The van der Waals surface area contributed by atoms with E-state index in [1.165, 1.54) is 35.2 Å². The Bertz CT molecular complexity index is 1460. The minimum absolute atomic E-state index is 0.0187. The Morgan fingerprint density at radius 2 is 1.55 bits per heavy atom. The number of benzene rings is 3. The summed E-state index contributed by atoms with van der Waals surface area (Å²) in [6.45, 7) is 9.40. The molecule has 0 aromatic heterocycles. The number of anilines is 1. The summed E-state index contributed by atoms with van der Waals surface area (Å²) in [7, 11) is -4.19. The fraction of sp³-hybridized carbons (Fsp3) is 0.333. The molecule has 1 N–H and O–H groups in total. The topological polar surface area (TPSA) is 86.8 Å². The van der Waals surface area contributed by atoms with Gasteiger partial charge in [0.05, 0.1) is 20.6 Å². The van der Waals surface area contributed by atoms with E-state index in [1.54, 1.807) is 19.1 Å². The largest absolute Gasteiger partial charge is 0.354 e. The van der Waals surface area contributed by atoms with Crippen molar-refractivity contribution in [1.82, 2.24) is 10.2 Å². The number of nitrogens with one attached hydrogen (secondary N) is 1. The lowest BCUT2D eigenvalue weighted by Crippen LogP contribution is -2.51. The van der Waals surface area contributed by atoms with Gasteiger partial charge in [-0.25, -0.2) is 8.42 Å². The van der Waals surface area contributed by atoms with Crippen LogP contribution in [0.2, 0.25) is 10.0 Å². The van der Waals surface area contributed by atoms with Crippen molar-refractivity contribution in [2.75, 3.05) is 17.4 Å². The van der Waals surface area contributed by atoms with E-state index in [0.29, 0.717) is 6.54 Å². The number of aryl methyl sites for hydroxylation is 2. The van der Waals surface area contributed by atoms with E-state index < -0.39 is 28.5 Å². The van der Waals surface area contributed by atoms with Gasteiger partial charge in [-0.1, -0.05) is 79.0 Å². The Labute approximate surface area is 247 Å². The van der Waals surface area contributed by atoms with Gasteiger partial charge in [-0.05, 0) is 68.1 Å². The molecule has 3 aromatic carbocycles. The minimum Gasteiger partial charge on any atom is -0.354 e. The van der Waals surface area contributed by atoms with Crippen LogP contribution in [0.15, 0.2) is 71.6 Å². The Morgan fingerprint density at radius 3 is 2.15 bits per heavy atom. The SMILES string of the molecule is Cc1ccc(S(=O)(=O)N(CC(=O)N(Cc2ccccc2C)[C@@H](C)C(=O)NCC(C)C)c2ccc(Cl)c(Cl)c2)cc1. The molecule has 0 fully saturated rings. The van der Waals surface area contributed by atoms with Crippen molar-refractivity contribution in [3.63, 3.8) is 0 Å². The second kappa shape index (κ2) is 13.5. The van der Waals surface area contributed by atoms with E-state index in [0.717, 1.165) is 21.0 Å². The molecule has 0 aliphatic carbocycles. The van der Waals surface area contributed by atoms with Crippen LogP contribution in [0, 0.1) is 19.8 Å². The molecule has 7 nitrogen and oxygen atoms in total. The molecular weight excluding hydrogens is 569 g/mol. The highest BCUT2D eigenvalue weighted by atomic mass is 35.5. The molecular formula is C30H35Cl2N3O4S. The van der Waals surface area contributed by atoms with Crippen LogP contribution in [-0.2, 0) is 26.2 Å². The monoisotopic (exact) mass is 603 g/mol. The average molecular weight is 605 g/mol. The lowest BCUT2D eigenvalue weighted by molar-refractivity contribution is -0.139. The van der Waals surface area contributed by atoms with Crippen LogP contribution in [-0.4, -0.2) is 44.3 Å². The zero-order valence-electron chi connectivity index (χ0n) is 23.3. The maximum atomic E-state index is 14.0. The lowest BCUT2D eigenvalue weighted by Gasteiger charge is -2.32. The average Bonchev–Trinajstić information content (AvgIpc) is 2.91. The number of hydrogen-bond donors (Lipinski definition) is 1. The van der Waals surface area contributed by atoms with Crippen molar-refractivity contribution in [3.8, 4) is 0 Å². The number of nitrogens with zero attached hydrogens (tertiary/aromatic N) is 2. The summed E-state index contributed by atoms with van der Waals surface area (Å²) in [6, 6.07) is 17.4. The molecule has 0 bridgehead atoms. The van der Waals surface area contributed by atoms with Crippen LogP contribution in [0.3, 0.4) is 0 Å². The van der Waals surface area contributed by atoms with Crippen LogP contribution in [0.5, 0.6) is 0 Å². The van der Waals surface area contributed by atoms with Gasteiger partial charge >= 0.3 is 0 Å². The van der Waals surface area contributed by atoms with Gasteiger partial charge in [-0.2, -0.15) is 0 Å². The number of amides is 2. The second-order valence-corrected chi connectivity index (χ2v) is 12.9. The maximum absolute atomic E-state index is 14.0. The molecule has 10 heteroatoms. The number of sulfonamides is 1. The summed E-state index contributed by atoms with van der Waals surface area (Å²) in [5, 5.41) is 3.28. The molecule has 2 amide bonds. The molecule has 0 saturated heterocycles. The summed E-state index contributed by atoms with van der Waals surface area (Å²) < 4.78 is 28.8. The molecule has 3 aromatic rings. The zero-order valence-corrected chi connectivity index (χ0v) is 25.6. The van der Waals surface area contributed by atoms with Crippen molar-refractivity contribution in [1.29, 1.82) is 0 Å². The fourth-order valence-electron chi connectivity index (χ4n) is 4.01. The summed E-state index contributed by atoms with van der Waals surface area (Å²) in [6.07, 6.45) is 0. The zero-order chi connectivity index (χ0) is 29.6. The molecule has 0 saturated carbocycles. The quantitative estimate of drug-likeness (QED) is 0.291. The van der Waals surface area contributed by atoms with E-state index in [4.69, 9.17) is 23.2 Å². The van der Waals surface area contributed by atoms with E-state index in [9.17, 15) is 18.0 Å². The molecule has 214 valence electrons. The molecule has 0 heterocycles. The maximum Gasteiger partial charge on any atom is 0.264 e. The van der Waals surface area contributed by atoms with Crippen molar-refractivity contribution in [2.24, 2.45) is 5.92 Å². The first kappa shape index (κ1) is 31.5. The Hall–Kier alpha value is -3.07. The van der Waals surface area contributed by atoms with Gasteiger partial charge in [0.15, 0.2) is 0 Å². The highest BCUT2D eigenvalue weighted by Crippen LogP contribution is 2.31. The standard InChI is InChI=1S/C30H35Cl2N3O4S/c1-20(2)17-33-30(37)23(5)34(18-24-9-7-6-8-22(24)4)29(36)19-35(25-12-15-27(31)28(32)16-25)40(38,39)26-13-10-21(3)11-14-26/h6-16,20,23H,17-19H2,1-5H3,(H,33,37)/t23-/m0/s1. The first-order valence-corrected chi connectivity index (χ1v) is 15.2. The van der Waals surface area contributed by atoms with Gasteiger partial charge in [-0.3, -0.25) is 13.9 Å². The first-order valence-electron chi connectivity index (χ1n) is 13.0. The second-order valence-electron chi connectivity index (χ2n) is 10.2. The van der Waals surface area contributed by atoms with Gasteiger partial charge in [0, 0.05) is 13.1 Å². The minimum atomic E-state index is -4.19. The molecule has 0 spiro atoms. The Balaban J connectivity index is 2.05. The number of rotatable bonds is 11. The van der Waals surface area contributed by atoms with E-state index in [2.05, 4.69) is 5.32 Å². The summed E-state index contributed by atoms with van der Waals surface area (Å²) in [5.74, 6) is -0.642. The summed E-state index contributed by atoms with van der Waals surface area (Å²) in [5.41, 5.74) is 2.86. The van der Waals surface area contributed by atoms with Crippen molar-refractivity contribution in [2.45, 2.75) is 52.1 Å². The van der Waals surface area contributed by atoms with Crippen molar-refractivity contribution in [3.05, 3.63) is 93.5 Å². The molecule has 0 radical (unpaired) electrons. The Kier molecular flexibility index (Phi) is 10.6. The van der Waals surface area contributed by atoms with Crippen molar-refractivity contribution < 1.29 is 18.0 Å². The highest BCUT2D eigenvalue weighted by Gasteiger charge is 2.33. The van der Waals surface area contributed by atoms with Crippen LogP contribution in [0.4, 0.5) is 5.69 Å². The van der Waals surface area contributed by atoms with E-state index in [-0.39, 0.29) is 39.0 Å². The number of carbonyl (C=O) groups is 2. The van der Waals surface area contributed by atoms with Crippen LogP contribution >= 0.6 is 23.2 Å². The van der Waals surface area contributed by atoms with Crippen LogP contribution in [0.25, 0.3) is 0 Å². The van der Waals surface area contributed by atoms with Gasteiger partial charge in [0.1, 0.15) is 12.6 Å². The van der Waals surface area contributed by atoms with Crippen molar-refractivity contribution >= 4 is 50.7 Å². The van der Waals surface area contributed by atoms with Gasteiger partial charge in [0.25, 0.3) is 10.0 Å². The van der Waals surface area contributed by atoms with Crippen LogP contribution in [0.1, 0.15) is 37.5 Å². The van der Waals surface area contributed by atoms with Gasteiger partial charge < -0.3 is 10.2 Å². The predicted octanol–water partition coefficient (Wildman–Crippen LogP) is 6.00. The van der Waals surface area contributed by atoms with Gasteiger partial charge in [-0.15, -0.1) is 0 Å². The highest BCUT2D eigenvalue weighted by molar-refractivity contribution is 7.92. The first-order chi connectivity index (χ1) is 18.8. The lowest BCUT2D eigenvalue weighted by atomic mass is 10.1. The summed E-state index contributed by atoms with van der Waals surface area (Å²) in [4.78, 5) is 28.5. The predicted molar refractivity (Wildman–Crippen MR) is 161 cm³/mol. The molecule has 40 heavy (non-hydrogen) atoms. The Morgan fingerprint density at radius 1 is 0.900 bits per heavy atom. The third-order valence-electron chi connectivity index (χ3n) is 6.53. The van der Waals surface area contributed by atoms with Crippen LogP contribution < -0.4 is 9.62 Å². The molecule has 0 unspecified atom stereocenters. The molecule has 3 rings (SSSR count). The van der Waals surface area contributed by atoms with E-state index in [1.807, 2.05) is 52.0 Å².